The highest BCUT2D eigenvalue weighted by Crippen LogP contribution is 2.07. The van der Waals surface area contributed by atoms with E-state index in [1.165, 1.54) is 6.21 Å². The molecule has 0 aromatic rings. The lowest BCUT2D eigenvalue weighted by atomic mass is 10.2. The second-order valence-electron chi connectivity index (χ2n) is 2.46. The van der Waals surface area contributed by atoms with Gasteiger partial charge in [-0.1, -0.05) is 6.08 Å². The van der Waals surface area contributed by atoms with E-state index in [9.17, 15) is 0 Å². The molecular formula is C8H11N3. The maximum Gasteiger partial charge on any atom is 0.0381 e. The first-order valence-corrected chi connectivity index (χ1v) is 3.44. The largest absolute Gasteiger partial charge is 0.398 e. The molecule has 0 fully saturated rings. The lowest BCUT2D eigenvalue weighted by Gasteiger charge is -1.95. The minimum atomic E-state index is 0.639. The molecule has 0 unspecified atom stereocenters. The van der Waals surface area contributed by atoms with Crippen molar-refractivity contribution in [3.8, 4) is 0 Å². The summed E-state index contributed by atoms with van der Waals surface area (Å²) in [6, 6.07) is 0. The molecule has 3 heteroatoms. The van der Waals surface area contributed by atoms with Crippen LogP contribution < -0.4 is 5.73 Å². The van der Waals surface area contributed by atoms with Gasteiger partial charge in [-0.15, -0.1) is 0 Å². The Bertz CT molecular complexity index is 259. The fourth-order valence-corrected chi connectivity index (χ4v) is 0.803. The first-order chi connectivity index (χ1) is 5.24. The molecule has 0 saturated heterocycles. The van der Waals surface area contributed by atoms with Crippen molar-refractivity contribution in [1.29, 1.82) is 5.41 Å². The van der Waals surface area contributed by atoms with Crippen LogP contribution in [0.15, 0.2) is 28.5 Å². The number of nitrogens with two attached hydrogens (primary N) is 1. The quantitative estimate of drug-likeness (QED) is 0.541. The van der Waals surface area contributed by atoms with Gasteiger partial charge in [0, 0.05) is 35.8 Å². The van der Waals surface area contributed by atoms with Crippen LogP contribution >= 0.6 is 0 Å². The number of nitrogens with one attached hydrogen (secondary N) is 1. The van der Waals surface area contributed by atoms with E-state index >= 15 is 0 Å². The predicted molar refractivity (Wildman–Crippen MR) is 46.9 cm³/mol. The van der Waals surface area contributed by atoms with E-state index in [0.29, 0.717) is 11.3 Å². The van der Waals surface area contributed by atoms with E-state index in [4.69, 9.17) is 11.1 Å². The zero-order valence-electron chi connectivity index (χ0n) is 6.46. The van der Waals surface area contributed by atoms with Crippen molar-refractivity contribution in [2.24, 2.45) is 10.7 Å². The monoisotopic (exact) mass is 149 g/mol. The highest BCUT2D eigenvalue weighted by atomic mass is 14.7. The molecule has 1 aliphatic heterocycles. The van der Waals surface area contributed by atoms with Gasteiger partial charge < -0.3 is 11.1 Å². The van der Waals surface area contributed by atoms with Crippen molar-refractivity contribution in [1.82, 2.24) is 0 Å². The van der Waals surface area contributed by atoms with Gasteiger partial charge in [0.05, 0.1) is 0 Å². The summed E-state index contributed by atoms with van der Waals surface area (Å²) < 4.78 is 0. The van der Waals surface area contributed by atoms with E-state index < -0.39 is 0 Å². The Morgan fingerprint density at radius 1 is 1.73 bits per heavy atom. The number of rotatable bonds is 1. The van der Waals surface area contributed by atoms with Crippen LogP contribution in [0.1, 0.15) is 13.3 Å². The van der Waals surface area contributed by atoms with Gasteiger partial charge in [-0.25, -0.2) is 0 Å². The van der Waals surface area contributed by atoms with Crippen LogP contribution in [0.4, 0.5) is 0 Å². The Morgan fingerprint density at radius 2 is 2.45 bits per heavy atom. The summed E-state index contributed by atoms with van der Waals surface area (Å²) in [7, 11) is 0. The van der Waals surface area contributed by atoms with Gasteiger partial charge in [0.1, 0.15) is 0 Å². The van der Waals surface area contributed by atoms with Gasteiger partial charge in [-0.2, -0.15) is 0 Å². The molecule has 3 nitrogen and oxygen atoms in total. The Balaban J connectivity index is 2.98. The summed E-state index contributed by atoms with van der Waals surface area (Å²) >= 11 is 0. The van der Waals surface area contributed by atoms with Gasteiger partial charge >= 0.3 is 0 Å². The van der Waals surface area contributed by atoms with E-state index in [1.54, 1.807) is 6.20 Å². The Hall–Kier alpha value is -1.38. The molecule has 11 heavy (non-hydrogen) atoms. The maximum absolute atomic E-state index is 7.01. The fourth-order valence-electron chi connectivity index (χ4n) is 0.803. The highest BCUT2D eigenvalue weighted by Gasteiger charge is 2.00. The van der Waals surface area contributed by atoms with Crippen molar-refractivity contribution in [2.75, 3.05) is 0 Å². The van der Waals surface area contributed by atoms with E-state index in [2.05, 4.69) is 4.99 Å². The first-order valence-electron chi connectivity index (χ1n) is 3.44. The molecule has 0 aliphatic carbocycles. The minimum absolute atomic E-state index is 0.639. The third-order valence-corrected chi connectivity index (χ3v) is 1.53. The molecule has 0 saturated carbocycles. The molecule has 0 atom stereocenters. The van der Waals surface area contributed by atoms with E-state index in [1.807, 2.05) is 13.0 Å². The minimum Gasteiger partial charge on any atom is -0.398 e. The Kier molecular flexibility index (Phi) is 2.21. The number of aliphatic imine (C=N–C) groups is 1. The lowest BCUT2D eigenvalue weighted by Crippen LogP contribution is -2.01. The molecule has 0 radical (unpaired) electrons. The van der Waals surface area contributed by atoms with Crippen molar-refractivity contribution >= 4 is 11.9 Å². The summed E-state index contributed by atoms with van der Waals surface area (Å²) in [5.41, 5.74) is 7.96. The van der Waals surface area contributed by atoms with Gasteiger partial charge in [0.25, 0.3) is 0 Å². The first kappa shape index (κ1) is 7.72. The van der Waals surface area contributed by atoms with Crippen molar-refractivity contribution < 1.29 is 0 Å². The van der Waals surface area contributed by atoms with Crippen LogP contribution in [0.2, 0.25) is 0 Å². The van der Waals surface area contributed by atoms with Gasteiger partial charge in [-0.3, -0.25) is 4.99 Å². The van der Waals surface area contributed by atoms with E-state index in [-0.39, 0.29) is 0 Å². The summed E-state index contributed by atoms with van der Waals surface area (Å²) in [6.45, 7) is 1.94. The number of nitrogens with zero attached hydrogens (tertiary/aromatic N) is 1. The lowest BCUT2D eigenvalue weighted by molar-refractivity contribution is 1.32. The highest BCUT2D eigenvalue weighted by molar-refractivity contribution is 5.88. The standard InChI is InChI=1S/C8H11N3/c1-6-2-3-8(10)7(4-9)5-11-6/h3-5,9H,2,10H2,1H3. The molecule has 0 aromatic heterocycles. The molecule has 58 valence electrons. The molecule has 0 amide bonds. The second-order valence-corrected chi connectivity index (χ2v) is 2.46. The molecule has 1 heterocycles. The van der Waals surface area contributed by atoms with Crippen LogP contribution in [0.25, 0.3) is 0 Å². The number of allylic oxidation sites excluding steroid dienone is 2. The number of hydrogen-bond donors (Lipinski definition) is 2. The van der Waals surface area contributed by atoms with Crippen molar-refractivity contribution in [3.63, 3.8) is 0 Å². The normalized spacial score (nSPS) is 17.7. The molecule has 0 bridgehead atoms. The van der Waals surface area contributed by atoms with Gasteiger partial charge in [0.2, 0.25) is 0 Å². The van der Waals surface area contributed by atoms with Gasteiger partial charge in [-0.05, 0) is 6.92 Å². The molecule has 0 aromatic carbocycles. The number of hydrogen-bond acceptors (Lipinski definition) is 3. The third kappa shape index (κ3) is 1.77. The fraction of sp³-hybridized carbons (Fsp3) is 0.250. The van der Waals surface area contributed by atoms with Gasteiger partial charge in [0.15, 0.2) is 0 Å². The summed E-state index contributed by atoms with van der Waals surface area (Å²) in [5.74, 6) is 0. The predicted octanol–water partition coefficient (Wildman–Crippen LogP) is 1.23. The molecule has 3 N–H and O–H groups in total. The van der Waals surface area contributed by atoms with Crippen LogP contribution in [-0.2, 0) is 0 Å². The van der Waals surface area contributed by atoms with Crippen LogP contribution in [-0.4, -0.2) is 11.9 Å². The molecule has 0 spiro atoms. The Morgan fingerprint density at radius 3 is 3.09 bits per heavy atom. The van der Waals surface area contributed by atoms with Crippen LogP contribution in [0, 0.1) is 5.41 Å². The van der Waals surface area contributed by atoms with Crippen molar-refractivity contribution in [3.05, 3.63) is 23.5 Å². The topological polar surface area (TPSA) is 62.2 Å². The Labute approximate surface area is 65.8 Å². The molecular weight excluding hydrogens is 138 g/mol. The second kappa shape index (κ2) is 3.14. The van der Waals surface area contributed by atoms with Crippen molar-refractivity contribution in [2.45, 2.75) is 13.3 Å². The van der Waals surface area contributed by atoms with E-state index in [0.717, 1.165) is 12.1 Å². The molecule has 1 rings (SSSR count). The summed E-state index contributed by atoms with van der Waals surface area (Å²) in [4.78, 5) is 4.10. The summed E-state index contributed by atoms with van der Waals surface area (Å²) in [6.07, 6.45) is 5.50. The molecule has 1 aliphatic rings. The summed E-state index contributed by atoms with van der Waals surface area (Å²) in [5, 5.41) is 7.01. The third-order valence-electron chi connectivity index (χ3n) is 1.53. The SMILES string of the molecule is CC1=NC=C(C=N)C(N)=CC1. The van der Waals surface area contributed by atoms with Crippen LogP contribution in [0.3, 0.4) is 0 Å². The van der Waals surface area contributed by atoms with Crippen LogP contribution in [0.5, 0.6) is 0 Å². The zero-order chi connectivity index (χ0) is 8.27. The average Bonchev–Trinajstić information content (AvgIpc) is 2.15. The maximum atomic E-state index is 7.01. The average molecular weight is 149 g/mol. The smallest absolute Gasteiger partial charge is 0.0381 e. The zero-order valence-corrected chi connectivity index (χ0v) is 6.46.